The highest BCUT2D eigenvalue weighted by Gasteiger charge is 2.50. The van der Waals surface area contributed by atoms with Gasteiger partial charge in [0.05, 0.1) is 17.3 Å². The smallest absolute Gasteiger partial charge is 0.0863 e. The predicted molar refractivity (Wildman–Crippen MR) is 50.8 cm³/mol. The van der Waals surface area contributed by atoms with Crippen LogP contribution in [-0.4, -0.2) is 37.5 Å². The van der Waals surface area contributed by atoms with Crippen LogP contribution in [-0.2, 0) is 9.47 Å². The quantitative estimate of drug-likeness (QED) is 0.659. The maximum Gasteiger partial charge on any atom is 0.0863 e. The largest absolute Gasteiger partial charge is 0.381 e. The van der Waals surface area contributed by atoms with E-state index in [-0.39, 0.29) is 11.2 Å². The molecule has 2 rings (SSSR count). The van der Waals surface area contributed by atoms with E-state index in [0.29, 0.717) is 6.10 Å². The molecule has 0 radical (unpaired) electrons. The van der Waals surface area contributed by atoms with Gasteiger partial charge < -0.3 is 14.8 Å². The topological polar surface area (TPSA) is 30.5 Å². The fourth-order valence-corrected chi connectivity index (χ4v) is 2.41. The molecule has 0 atom stereocenters. The SMILES string of the molecule is COC1CC2(CNCC(C)(C)O2)C1. The zero-order chi connectivity index (χ0) is 9.53. The van der Waals surface area contributed by atoms with E-state index in [2.05, 4.69) is 19.2 Å². The van der Waals surface area contributed by atoms with Crippen molar-refractivity contribution >= 4 is 0 Å². The average Bonchev–Trinajstić information content (AvgIpc) is 1.97. The van der Waals surface area contributed by atoms with Gasteiger partial charge in [-0.2, -0.15) is 0 Å². The first-order chi connectivity index (χ1) is 6.05. The second-order valence-corrected chi connectivity index (χ2v) is 4.91. The zero-order valence-corrected chi connectivity index (χ0v) is 8.72. The number of methoxy groups -OCH3 is 1. The summed E-state index contributed by atoms with van der Waals surface area (Å²) in [6, 6.07) is 0. The zero-order valence-electron chi connectivity index (χ0n) is 8.72. The van der Waals surface area contributed by atoms with Gasteiger partial charge in [0, 0.05) is 33.0 Å². The second-order valence-electron chi connectivity index (χ2n) is 4.91. The third-order valence-electron chi connectivity index (χ3n) is 3.02. The standard InChI is InChI=1S/C10H19NO2/c1-9(2)6-11-7-10(13-9)4-8(5-10)12-3/h8,11H,4-7H2,1-3H3. The van der Waals surface area contributed by atoms with Crippen LogP contribution >= 0.6 is 0 Å². The van der Waals surface area contributed by atoms with Crippen LogP contribution in [0.3, 0.4) is 0 Å². The number of nitrogens with one attached hydrogen (secondary N) is 1. The molecule has 3 nitrogen and oxygen atoms in total. The Kier molecular flexibility index (Phi) is 2.13. The maximum atomic E-state index is 6.09. The fourth-order valence-electron chi connectivity index (χ4n) is 2.41. The van der Waals surface area contributed by atoms with E-state index in [4.69, 9.17) is 9.47 Å². The molecule has 0 aromatic rings. The van der Waals surface area contributed by atoms with Crippen LogP contribution < -0.4 is 5.32 Å². The number of hydrogen-bond donors (Lipinski definition) is 1. The number of rotatable bonds is 1. The minimum absolute atomic E-state index is 0.0169. The molecule has 76 valence electrons. The van der Waals surface area contributed by atoms with E-state index in [1.165, 1.54) is 0 Å². The van der Waals surface area contributed by atoms with Crippen LogP contribution in [0.4, 0.5) is 0 Å². The summed E-state index contributed by atoms with van der Waals surface area (Å²) in [6.45, 7) is 6.21. The van der Waals surface area contributed by atoms with Crippen LogP contribution in [0.15, 0.2) is 0 Å². The third-order valence-corrected chi connectivity index (χ3v) is 3.02. The minimum atomic E-state index is -0.0169. The Morgan fingerprint density at radius 2 is 2.00 bits per heavy atom. The molecule has 2 aliphatic rings. The lowest BCUT2D eigenvalue weighted by Gasteiger charge is -2.53. The molecule has 1 spiro atoms. The first-order valence-electron chi connectivity index (χ1n) is 4.99. The van der Waals surface area contributed by atoms with Crippen molar-refractivity contribution in [3.05, 3.63) is 0 Å². The van der Waals surface area contributed by atoms with Gasteiger partial charge >= 0.3 is 0 Å². The second kappa shape index (κ2) is 2.94. The molecule has 1 saturated heterocycles. The molecule has 13 heavy (non-hydrogen) atoms. The van der Waals surface area contributed by atoms with Crippen LogP contribution in [0.1, 0.15) is 26.7 Å². The van der Waals surface area contributed by atoms with Crippen molar-refractivity contribution in [2.45, 2.75) is 44.0 Å². The van der Waals surface area contributed by atoms with E-state index in [9.17, 15) is 0 Å². The molecule has 1 saturated carbocycles. The van der Waals surface area contributed by atoms with Crippen LogP contribution in [0.2, 0.25) is 0 Å². The van der Waals surface area contributed by atoms with Crippen molar-refractivity contribution in [2.24, 2.45) is 0 Å². The highest BCUT2D eigenvalue weighted by atomic mass is 16.5. The molecule has 1 N–H and O–H groups in total. The van der Waals surface area contributed by atoms with E-state index >= 15 is 0 Å². The van der Waals surface area contributed by atoms with Crippen molar-refractivity contribution in [1.29, 1.82) is 0 Å². The summed E-state index contributed by atoms with van der Waals surface area (Å²) >= 11 is 0. The Bertz CT molecular complexity index is 197. The molecule has 3 heteroatoms. The van der Waals surface area contributed by atoms with Gasteiger partial charge in [-0.05, 0) is 13.8 Å². The predicted octanol–water partition coefficient (Wildman–Crippen LogP) is 0.932. The number of ether oxygens (including phenoxy) is 2. The van der Waals surface area contributed by atoms with E-state index in [1.807, 2.05) is 0 Å². The van der Waals surface area contributed by atoms with E-state index < -0.39 is 0 Å². The Morgan fingerprint density at radius 3 is 2.54 bits per heavy atom. The lowest BCUT2D eigenvalue weighted by atomic mass is 9.75. The monoisotopic (exact) mass is 185 g/mol. The molecule has 0 unspecified atom stereocenters. The molecule has 0 bridgehead atoms. The highest BCUT2D eigenvalue weighted by molar-refractivity contribution is 5.03. The summed E-state index contributed by atoms with van der Waals surface area (Å²) in [6.07, 6.45) is 2.50. The Labute approximate surface area is 79.8 Å². The maximum absolute atomic E-state index is 6.09. The molecule has 0 amide bonds. The van der Waals surface area contributed by atoms with Crippen molar-refractivity contribution in [2.75, 3.05) is 20.2 Å². The first-order valence-corrected chi connectivity index (χ1v) is 4.99. The Morgan fingerprint density at radius 1 is 1.31 bits per heavy atom. The van der Waals surface area contributed by atoms with Crippen LogP contribution in [0.5, 0.6) is 0 Å². The average molecular weight is 185 g/mol. The summed E-state index contributed by atoms with van der Waals surface area (Å²) in [4.78, 5) is 0. The van der Waals surface area contributed by atoms with Gasteiger partial charge in [-0.1, -0.05) is 0 Å². The summed E-state index contributed by atoms with van der Waals surface area (Å²) in [5.41, 5.74) is 0.0549. The van der Waals surface area contributed by atoms with Gasteiger partial charge in [-0.15, -0.1) is 0 Å². The molecule has 1 heterocycles. The molecule has 1 aliphatic heterocycles. The Balaban J connectivity index is 1.94. The minimum Gasteiger partial charge on any atom is -0.381 e. The molecular formula is C10H19NO2. The van der Waals surface area contributed by atoms with Gasteiger partial charge in [0.15, 0.2) is 0 Å². The third kappa shape index (κ3) is 1.73. The van der Waals surface area contributed by atoms with Gasteiger partial charge in [0.1, 0.15) is 0 Å². The highest BCUT2D eigenvalue weighted by Crippen LogP contribution is 2.41. The van der Waals surface area contributed by atoms with Gasteiger partial charge in [0.25, 0.3) is 0 Å². The van der Waals surface area contributed by atoms with Crippen molar-refractivity contribution < 1.29 is 9.47 Å². The fraction of sp³-hybridized carbons (Fsp3) is 1.00. The van der Waals surface area contributed by atoms with Crippen LogP contribution in [0.25, 0.3) is 0 Å². The Hall–Kier alpha value is -0.120. The molecule has 0 aromatic heterocycles. The van der Waals surface area contributed by atoms with Crippen molar-refractivity contribution in [3.8, 4) is 0 Å². The van der Waals surface area contributed by atoms with Gasteiger partial charge in [-0.25, -0.2) is 0 Å². The molecular weight excluding hydrogens is 166 g/mol. The molecule has 2 fully saturated rings. The number of hydrogen-bond acceptors (Lipinski definition) is 3. The van der Waals surface area contributed by atoms with Crippen molar-refractivity contribution in [3.63, 3.8) is 0 Å². The lowest BCUT2D eigenvalue weighted by molar-refractivity contribution is -0.230. The molecule has 0 aromatic carbocycles. The number of morpholine rings is 1. The van der Waals surface area contributed by atoms with Gasteiger partial charge in [-0.3, -0.25) is 0 Å². The van der Waals surface area contributed by atoms with Gasteiger partial charge in [0.2, 0.25) is 0 Å². The van der Waals surface area contributed by atoms with Crippen LogP contribution in [0, 0.1) is 0 Å². The lowest BCUT2D eigenvalue weighted by Crippen LogP contribution is -2.65. The first kappa shape index (κ1) is 9.44. The van der Waals surface area contributed by atoms with E-state index in [0.717, 1.165) is 25.9 Å². The van der Waals surface area contributed by atoms with E-state index in [1.54, 1.807) is 7.11 Å². The van der Waals surface area contributed by atoms with Crippen molar-refractivity contribution in [1.82, 2.24) is 5.32 Å². The summed E-state index contributed by atoms with van der Waals surface area (Å²) in [5, 5.41) is 3.43. The summed E-state index contributed by atoms with van der Waals surface area (Å²) in [5.74, 6) is 0. The molecule has 1 aliphatic carbocycles. The summed E-state index contributed by atoms with van der Waals surface area (Å²) in [7, 11) is 1.78. The normalized spacial score (nSPS) is 43.2. The summed E-state index contributed by atoms with van der Waals surface area (Å²) < 4.78 is 11.4.